The normalized spacial score (nSPS) is 29.2. The number of nitrogens with zero attached hydrogens (tertiary/aromatic N) is 2. The SMILES string of the molecule is Clc1ccc(CN2C[C@@H]3CCCN[C@@H]3C2)cn1. The summed E-state index contributed by atoms with van der Waals surface area (Å²) in [4.78, 5) is 6.66. The molecule has 0 unspecified atom stereocenters. The molecule has 0 amide bonds. The molecule has 1 aromatic rings. The van der Waals surface area contributed by atoms with Gasteiger partial charge in [-0.25, -0.2) is 4.98 Å². The average molecular weight is 252 g/mol. The maximum absolute atomic E-state index is 5.79. The summed E-state index contributed by atoms with van der Waals surface area (Å²) in [6.45, 7) is 4.59. The van der Waals surface area contributed by atoms with Crippen LogP contribution in [-0.4, -0.2) is 35.6 Å². The van der Waals surface area contributed by atoms with Crippen LogP contribution in [0.3, 0.4) is 0 Å². The number of pyridine rings is 1. The molecule has 0 spiro atoms. The molecule has 3 heterocycles. The van der Waals surface area contributed by atoms with Crippen molar-refractivity contribution in [2.24, 2.45) is 5.92 Å². The number of likely N-dealkylation sites (tertiary alicyclic amines) is 1. The highest BCUT2D eigenvalue weighted by atomic mass is 35.5. The predicted octanol–water partition coefficient (Wildman–Crippen LogP) is 1.92. The van der Waals surface area contributed by atoms with Gasteiger partial charge >= 0.3 is 0 Å². The van der Waals surface area contributed by atoms with E-state index in [2.05, 4.69) is 21.3 Å². The average Bonchev–Trinajstić information content (AvgIpc) is 2.74. The topological polar surface area (TPSA) is 28.2 Å². The first-order valence-corrected chi connectivity index (χ1v) is 6.75. The highest BCUT2D eigenvalue weighted by molar-refractivity contribution is 6.29. The van der Waals surface area contributed by atoms with Crippen LogP contribution in [0.25, 0.3) is 0 Å². The van der Waals surface area contributed by atoms with E-state index in [4.69, 9.17) is 11.6 Å². The second-order valence-electron chi connectivity index (χ2n) is 5.15. The number of hydrogen-bond acceptors (Lipinski definition) is 3. The van der Waals surface area contributed by atoms with Crippen LogP contribution in [-0.2, 0) is 6.54 Å². The maximum Gasteiger partial charge on any atom is 0.129 e. The first-order chi connectivity index (χ1) is 8.31. The van der Waals surface area contributed by atoms with Crippen LogP contribution in [0, 0.1) is 5.92 Å². The molecule has 92 valence electrons. The molecular formula is C13H18ClN3. The number of fused-ring (bicyclic) bond motifs is 1. The van der Waals surface area contributed by atoms with Crippen molar-refractivity contribution in [2.75, 3.05) is 19.6 Å². The molecule has 2 atom stereocenters. The van der Waals surface area contributed by atoms with E-state index in [1.165, 1.54) is 38.0 Å². The molecule has 0 bridgehead atoms. The quantitative estimate of drug-likeness (QED) is 0.814. The lowest BCUT2D eigenvalue weighted by atomic mass is 9.94. The summed E-state index contributed by atoms with van der Waals surface area (Å²) in [5.74, 6) is 0.851. The number of nitrogens with one attached hydrogen (secondary N) is 1. The molecular weight excluding hydrogens is 234 g/mol. The fraction of sp³-hybridized carbons (Fsp3) is 0.615. The standard InChI is InChI=1S/C13H18ClN3/c14-13-4-3-10(6-16-13)7-17-8-11-2-1-5-15-12(11)9-17/h3-4,6,11-12,15H,1-2,5,7-9H2/t11-,12+/m0/s1. The van der Waals surface area contributed by atoms with E-state index in [-0.39, 0.29) is 0 Å². The van der Waals surface area contributed by atoms with Gasteiger partial charge in [-0.1, -0.05) is 17.7 Å². The lowest BCUT2D eigenvalue weighted by Crippen LogP contribution is -2.40. The Morgan fingerprint density at radius 1 is 1.41 bits per heavy atom. The number of rotatable bonds is 2. The summed E-state index contributed by atoms with van der Waals surface area (Å²) in [7, 11) is 0. The van der Waals surface area contributed by atoms with Crippen molar-refractivity contribution in [1.82, 2.24) is 15.2 Å². The fourth-order valence-electron chi connectivity index (χ4n) is 3.02. The Kier molecular flexibility index (Phi) is 3.32. The highest BCUT2D eigenvalue weighted by Gasteiger charge is 2.33. The lowest BCUT2D eigenvalue weighted by molar-refractivity contribution is 0.312. The molecule has 17 heavy (non-hydrogen) atoms. The van der Waals surface area contributed by atoms with Crippen LogP contribution in [0.4, 0.5) is 0 Å². The van der Waals surface area contributed by atoms with Crippen LogP contribution in [0.15, 0.2) is 18.3 Å². The minimum Gasteiger partial charge on any atom is -0.312 e. The maximum atomic E-state index is 5.79. The summed E-state index contributed by atoms with van der Waals surface area (Å²) in [6, 6.07) is 4.66. The van der Waals surface area contributed by atoms with Crippen molar-refractivity contribution < 1.29 is 0 Å². The van der Waals surface area contributed by atoms with E-state index in [0.717, 1.165) is 12.5 Å². The van der Waals surface area contributed by atoms with Crippen molar-refractivity contribution in [2.45, 2.75) is 25.4 Å². The van der Waals surface area contributed by atoms with Crippen LogP contribution < -0.4 is 5.32 Å². The van der Waals surface area contributed by atoms with Crippen molar-refractivity contribution >= 4 is 11.6 Å². The zero-order valence-electron chi connectivity index (χ0n) is 9.90. The van der Waals surface area contributed by atoms with Crippen LogP contribution >= 0.6 is 11.6 Å². The first-order valence-electron chi connectivity index (χ1n) is 6.37. The van der Waals surface area contributed by atoms with E-state index in [9.17, 15) is 0 Å². The van der Waals surface area contributed by atoms with Gasteiger partial charge in [0, 0.05) is 31.9 Å². The van der Waals surface area contributed by atoms with Gasteiger partial charge in [0.15, 0.2) is 0 Å². The summed E-state index contributed by atoms with van der Waals surface area (Å²) >= 11 is 5.79. The van der Waals surface area contributed by atoms with E-state index >= 15 is 0 Å². The number of piperidine rings is 1. The van der Waals surface area contributed by atoms with Crippen LogP contribution in [0.1, 0.15) is 18.4 Å². The van der Waals surface area contributed by atoms with Crippen LogP contribution in [0.5, 0.6) is 0 Å². The zero-order chi connectivity index (χ0) is 11.7. The largest absolute Gasteiger partial charge is 0.312 e. The molecule has 1 N–H and O–H groups in total. The molecule has 4 heteroatoms. The van der Waals surface area contributed by atoms with E-state index < -0.39 is 0 Å². The van der Waals surface area contributed by atoms with Crippen molar-refractivity contribution in [1.29, 1.82) is 0 Å². The van der Waals surface area contributed by atoms with Gasteiger partial charge in [0.1, 0.15) is 5.15 Å². The monoisotopic (exact) mass is 251 g/mol. The molecule has 0 aromatic carbocycles. The third-order valence-electron chi connectivity index (χ3n) is 3.87. The van der Waals surface area contributed by atoms with Gasteiger partial charge in [0.25, 0.3) is 0 Å². The molecule has 3 rings (SSSR count). The predicted molar refractivity (Wildman–Crippen MR) is 69.0 cm³/mol. The molecule has 2 aliphatic heterocycles. The molecule has 1 aromatic heterocycles. The zero-order valence-corrected chi connectivity index (χ0v) is 10.7. The molecule has 2 saturated heterocycles. The Bertz CT molecular complexity index is 365. The van der Waals surface area contributed by atoms with Crippen molar-refractivity contribution in [3.8, 4) is 0 Å². The van der Waals surface area contributed by atoms with Gasteiger partial charge in [-0.15, -0.1) is 0 Å². The summed E-state index contributed by atoms with van der Waals surface area (Å²) < 4.78 is 0. The van der Waals surface area contributed by atoms with E-state index in [1.807, 2.05) is 12.3 Å². The molecule has 0 aliphatic carbocycles. The van der Waals surface area contributed by atoms with E-state index in [0.29, 0.717) is 11.2 Å². The van der Waals surface area contributed by atoms with Crippen molar-refractivity contribution in [3.63, 3.8) is 0 Å². The Morgan fingerprint density at radius 3 is 3.12 bits per heavy atom. The van der Waals surface area contributed by atoms with Crippen molar-refractivity contribution in [3.05, 3.63) is 29.0 Å². The van der Waals surface area contributed by atoms with Gasteiger partial charge in [-0.2, -0.15) is 0 Å². The second kappa shape index (κ2) is 4.92. The summed E-state index contributed by atoms with van der Waals surface area (Å²) in [5.41, 5.74) is 1.26. The number of aromatic nitrogens is 1. The minimum atomic E-state index is 0.575. The summed E-state index contributed by atoms with van der Waals surface area (Å²) in [6.07, 6.45) is 4.60. The van der Waals surface area contributed by atoms with Gasteiger partial charge in [0.05, 0.1) is 0 Å². The fourth-order valence-corrected chi connectivity index (χ4v) is 3.14. The van der Waals surface area contributed by atoms with Gasteiger partial charge in [-0.05, 0) is 36.9 Å². The molecule has 0 saturated carbocycles. The van der Waals surface area contributed by atoms with E-state index in [1.54, 1.807) is 0 Å². The Hall–Kier alpha value is -0.640. The third-order valence-corrected chi connectivity index (χ3v) is 4.09. The minimum absolute atomic E-state index is 0.575. The Morgan fingerprint density at radius 2 is 2.35 bits per heavy atom. The molecule has 2 fully saturated rings. The van der Waals surface area contributed by atoms with Gasteiger partial charge in [0.2, 0.25) is 0 Å². The molecule has 0 radical (unpaired) electrons. The van der Waals surface area contributed by atoms with Crippen LogP contribution in [0.2, 0.25) is 5.15 Å². The van der Waals surface area contributed by atoms with Gasteiger partial charge < -0.3 is 5.32 Å². The highest BCUT2D eigenvalue weighted by Crippen LogP contribution is 2.25. The number of halogens is 1. The smallest absolute Gasteiger partial charge is 0.129 e. The molecule has 2 aliphatic rings. The Labute approximate surface area is 107 Å². The number of hydrogen-bond donors (Lipinski definition) is 1. The lowest BCUT2D eigenvalue weighted by Gasteiger charge is -2.24. The second-order valence-corrected chi connectivity index (χ2v) is 5.53. The first kappa shape index (κ1) is 11.5. The Balaban J connectivity index is 1.61. The van der Waals surface area contributed by atoms with Gasteiger partial charge in [-0.3, -0.25) is 4.90 Å². The summed E-state index contributed by atoms with van der Waals surface area (Å²) in [5, 5.41) is 4.20. The third kappa shape index (κ3) is 2.62. The molecule has 3 nitrogen and oxygen atoms in total.